The monoisotopic (exact) mass is 348 g/mol. The Morgan fingerprint density at radius 2 is 2.08 bits per heavy atom. The Bertz CT molecular complexity index is 802. The molecule has 0 bridgehead atoms. The van der Waals surface area contributed by atoms with E-state index >= 15 is 0 Å². The number of rotatable bonds is 4. The molecule has 2 heterocycles. The highest BCUT2D eigenvalue weighted by Crippen LogP contribution is 2.25. The van der Waals surface area contributed by atoms with Crippen LogP contribution in [0, 0.1) is 13.8 Å². The number of fused-ring (bicyclic) bond motifs is 1. The maximum Gasteiger partial charge on any atom is 0.329 e. The number of aromatic nitrogens is 2. The quantitative estimate of drug-likeness (QED) is 0.786. The Morgan fingerprint density at radius 1 is 1.38 bits per heavy atom. The predicted molar refractivity (Wildman–Crippen MR) is 95.6 cm³/mol. The first-order chi connectivity index (χ1) is 11.5. The maximum atomic E-state index is 12.9. The summed E-state index contributed by atoms with van der Waals surface area (Å²) in [6, 6.07) is 1.25. The molecule has 3 rings (SSSR count). The van der Waals surface area contributed by atoms with Crippen LogP contribution in [0.25, 0.3) is 10.2 Å². The third-order valence-corrected chi connectivity index (χ3v) is 5.65. The normalized spacial score (nSPS) is 17.1. The van der Waals surface area contributed by atoms with Crippen molar-refractivity contribution in [2.45, 2.75) is 71.4 Å². The smallest absolute Gasteiger partial charge is 0.329 e. The highest BCUT2D eigenvalue weighted by molar-refractivity contribution is 7.18. The van der Waals surface area contributed by atoms with Crippen LogP contribution in [0.2, 0.25) is 0 Å². The van der Waals surface area contributed by atoms with Crippen molar-refractivity contribution in [2.24, 2.45) is 0 Å². The van der Waals surface area contributed by atoms with Crippen molar-refractivity contribution < 1.29 is 9.53 Å². The Morgan fingerprint density at radius 3 is 2.75 bits per heavy atom. The molecule has 0 aromatic carbocycles. The summed E-state index contributed by atoms with van der Waals surface area (Å²) in [6.45, 7) is 5.65. The summed E-state index contributed by atoms with van der Waals surface area (Å²) >= 11 is 1.50. The molecule has 1 fully saturated rings. The van der Waals surface area contributed by atoms with E-state index in [0.29, 0.717) is 17.6 Å². The number of esters is 1. The van der Waals surface area contributed by atoms with E-state index in [-0.39, 0.29) is 17.6 Å². The van der Waals surface area contributed by atoms with Gasteiger partial charge in [0.25, 0.3) is 5.56 Å². The first-order valence-electron chi connectivity index (χ1n) is 8.71. The number of thiophene rings is 1. The molecule has 1 aliphatic carbocycles. The Balaban J connectivity index is 1.93. The van der Waals surface area contributed by atoms with Gasteiger partial charge in [-0.15, -0.1) is 11.3 Å². The summed E-state index contributed by atoms with van der Waals surface area (Å²) in [6.07, 6.45) is 5.79. The van der Waals surface area contributed by atoms with Gasteiger partial charge in [-0.05, 0) is 52.0 Å². The van der Waals surface area contributed by atoms with Crippen molar-refractivity contribution in [3.63, 3.8) is 0 Å². The van der Waals surface area contributed by atoms with E-state index in [4.69, 9.17) is 4.74 Å². The molecule has 1 atom stereocenters. The molecule has 0 saturated heterocycles. The zero-order chi connectivity index (χ0) is 17.3. The van der Waals surface area contributed by atoms with Gasteiger partial charge in [0.05, 0.1) is 5.39 Å². The van der Waals surface area contributed by atoms with Gasteiger partial charge in [-0.1, -0.05) is 13.3 Å². The molecule has 0 radical (unpaired) electrons. The predicted octanol–water partition coefficient (Wildman–Crippen LogP) is 3.90. The average molecular weight is 348 g/mol. The molecule has 0 N–H and O–H groups in total. The van der Waals surface area contributed by atoms with Crippen LogP contribution < -0.4 is 5.56 Å². The lowest BCUT2D eigenvalue weighted by Crippen LogP contribution is -2.35. The summed E-state index contributed by atoms with van der Waals surface area (Å²) in [7, 11) is 0. The second-order valence-corrected chi connectivity index (χ2v) is 7.77. The van der Waals surface area contributed by atoms with E-state index < -0.39 is 6.04 Å². The van der Waals surface area contributed by atoms with Crippen LogP contribution in [-0.2, 0) is 9.53 Å². The molecule has 1 saturated carbocycles. The minimum absolute atomic E-state index is 0.00334. The van der Waals surface area contributed by atoms with Crippen LogP contribution >= 0.6 is 11.3 Å². The fourth-order valence-corrected chi connectivity index (χ4v) is 4.38. The number of carbonyl (C=O) groups is 1. The van der Waals surface area contributed by atoms with E-state index in [1.54, 1.807) is 6.92 Å². The highest BCUT2D eigenvalue weighted by atomic mass is 32.1. The van der Waals surface area contributed by atoms with Gasteiger partial charge in [0.15, 0.2) is 0 Å². The van der Waals surface area contributed by atoms with Gasteiger partial charge in [-0.3, -0.25) is 9.36 Å². The third-order valence-electron chi connectivity index (χ3n) is 4.70. The fraction of sp³-hybridized carbons (Fsp3) is 0.611. The summed E-state index contributed by atoms with van der Waals surface area (Å²) in [5, 5.41) is 0.590. The van der Waals surface area contributed by atoms with Crippen LogP contribution in [-0.4, -0.2) is 21.6 Å². The first kappa shape index (κ1) is 17.1. The van der Waals surface area contributed by atoms with Gasteiger partial charge in [-0.2, -0.15) is 0 Å². The molecule has 0 amide bonds. The van der Waals surface area contributed by atoms with Crippen molar-refractivity contribution in [3.8, 4) is 0 Å². The van der Waals surface area contributed by atoms with E-state index in [1.165, 1.54) is 22.3 Å². The highest BCUT2D eigenvalue weighted by Gasteiger charge is 2.27. The molecule has 0 spiro atoms. The van der Waals surface area contributed by atoms with E-state index in [1.807, 2.05) is 19.9 Å². The maximum absolute atomic E-state index is 12.9. The largest absolute Gasteiger partial charge is 0.461 e. The van der Waals surface area contributed by atoms with Crippen molar-refractivity contribution in [1.29, 1.82) is 0 Å². The molecule has 2 aromatic heterocycles. The zero-order valence-corrected chi connectivity index (χ0v) is 15.3. The topological polar surface area (TPSA) is 61.2 Å². The molecule has 1 unspecified atom stereocenters. The number of nitrogens with zero attached hydrogens (tertiary/aromatic N) is 2. The molecular weight excluding hydrogens is 324 g/mol. The minimum Gasteiger partial charge on any atom is -0.461 e. The molecule has 2 aromatic rings. The molecule has 0 aliphatic heterocycles. The summed E-state index contributed by atoms with van der Waals surface area (Å²) in [4.78, 5) is 31.9. The molecule has 6 heteroatoms. The van der Waals surface area contributed by atoms with Crippen LogP contribution in [0.5, 0.6) is 0 Å². The van der Waals surface area contributed by atoms with Crippen LogP contribution in [0.4, 0.5) is 0 Å². The molecule has 130 valence electrons. The lowest BCUT2D eigenvalue weighted by atomic mass is 9.98. The SMILES string of the molecule is CCC(C(=O)OC1CCCCC1)n1c(C)nc2sc(C)cc2c1=O. The van der Waals surface area contributed by atoms with Crippen LogP contribution in [0.1, 0.15) is 62.2 Å². The van der Waals surface area contributed by atoms with Crippen molar-refractivity contribution in [3.05, 3.63) is 27.1 Å². The Kier molecular flexibility index (Phi) is 5.04. The van der Waals surface area contributed by atoms with Gasteiger partial charge < -0.3 is 4.74 Å². The standard InChI is InChI=1S/C18H24N2O3S/c1-4-15(18(22)23-13-8-6-5-7-9-13)20-12(3)19-16-14(17(20)21)10-11(2)24-16/h10,13,15H,4-9H2,1-3H3. The van der Waals surface area contributed by atoms with Crippen LogP contribution in [0.15, 0.2) is 10.9 Å². The molecule has 5 nitrogen and oxygen atoms in total. The minimum atomic E-state index is -0.600. The van der Waals surface area contributed by atoms with Gasteiger partial charge in [-0.25, -0.2) is 9.78 Å². The van der Waals surface area contributed by atoms with Gasteiger partial charge >= 0.3 is 5.97 Å². The Hall–Kier alpha value is -1.69. The van der Waals surface area contributed by atoms with E-state index in [2.05, 4.69) is 4.98 Å². The van der Waals surface area contributed by atoms with Crippen molar-refractivity contribution in [1.82, 2.24) is 9.55 Å². The van der Waals surface area contributed by atoms with E-state index in [9.17, 15) is 9.59 Å². The number of hydrogen-bond donors (Lipinski definition) is 0. The van der Waals surface area contributed by atoms with E-state index in [0.717, 1.165) is 35.4 Å². The number of ether oxygens (including phenoxy) is 1. The number of carbonyl (C=O) groups excluding carboxylic acids is 1. The second-order valence-electron chi connectivity index (χ2n) is 6.53. The van der Waals surface area contributed by atoms with Gasteiger partial charge in [0.2, 0.25) is 0 Å². The summed E-state index contributed by atoms with van der Waals surface area (Å²) in [5.74, 6) is 0.268. The zero-order valence-electron chi connectivity index (χ0n) is 14.5. The first-order valence-corrected chi connectivity index (χ1v) is 9.52. The second kappa shape index (κ2) is 7.05. The molecular formula is C18H24N2O3S. The van der Waals surface area contributed by atoms with Gasteiger partial charge in [0, 0.05) is 4.88 Å². The molecule has 1 aliphatic rings. The molecule has 24 heavy (non-hydrogen) atoms. The lowest BCUT2D eigenvalue weighted by Gasteiger charge is -2.25. The summed E-state index contributed by atoms with van der Waals surface area (Å²) < 4.78 is 7.22. The van der Waals surface area contributed by atoms with Crippen LogP contribution in [0.3, 0.4) is 0 Å². The Labute approximate surface area is 145 Å². The third kappa shape index (κ3) is 3.24. The number of aryl methyl sites for hydroxylation is 2. The lowest BCUT2D eigenvalue weighted by molar-refractivity contribution is -0.155. The fourth-order valence-electron chi connectivity index (χ4n) is 3.46. The summed E-state index contributed by atoms with van der Waals surface area (Å²) in [5.41, 5.74) is -0.144. The average Bonchev–Trinajstić information content (AvgIpc) is 2.92. The number of hydrogen-bond acceptors (Lipinski definition) is 5. The van der Waals surface area contributed by atoms with Crippen molar-refractivity contribution >= 4 is 27.5 Å². The van der Waals surface area contributed by atoms with Crippen molar-refractivity contribution in [2.75, 3.05) is 0 Å². The van der Waals surface area contributed by atoms with Gasteiger partial charge in [0.1, 0.15) is 22.8 Å².